The fourth-order valence-corrected chi connectivity index (χ4v) is 3.65. The second-order valence-electron chi connectivity index (χ2n) is 6.03. The van der Waals surface area contributed by atoms with Crippen LogP contribution < -0.4 is 5.32 Å². The van der Waals surface area contributed by atoms with Crippen LogP contribution in [-0.4, -0.2) is 17.6 Å². The van der Waals surface area contributed by atoms with E-state index in [1.165, 1.54) is 35.7 Å². The normalized spacial score (nSPS) is 26.2. The van der Waals surface area contributed by atoms with Gasteiger partial charge in [-0.3, -0.25) is 4.98 Å². The second-order valence-corrected chi connectivity index (χ2v) is 6.03. The standard InChI is InChI=1S/C18H24N2/c1-3-11-19-17-10-9-15(13(17)2)16-8-4-6-14-7-5-12-20-18(14)16/h4-8,12-13,15,17,19H,3,9-11H2,1-2H3. The molecule has 0 saturated heterocycles. The molecule has 0 amide bonds. The minimum atomic E-state index is 0.642. The Kier molecular flexibility index (Phi) is 4.02. The van der Waals surface area contributed by atoms with Crippen molar-refractivity contribution in [1.82, 2.24) is 10.3 Å². The fourth-order valence-electron chi connectivity index (χ4n) is 3.65. The highest BCUT2D eigenvalue weighted by atomic mass is 14.9. The molecule has 0 aliphatic heterocycles. The molecule has 20 heavy (non-hydrogen) atoms. The quantitative estimate of drug-likeness (QED) is 0.902. The van der Waals surface area contributed by atoms with Crippen LogP contribution >= 0.6 is 0 Å². The first kappa shape index (κ1) is 13.6. The molecule has 3 atom stereocenters. The Morgan fingerprint density at radius 1 is 1.20 bits per heavy atom. The number of fused-ring (bicyclic) bond motifs is 1. The maximum Gasteiger partial charge on any atom is 0.0736 e. The number of hydrogen-bond donors (Lipinski definition) is 1. The summed E-state index contributed by atoms with van der Waals surface area (Å²) in [7, 11) is 0. The lowest BCUT2D eigenvalue weighted by Crippen LogP contribution is -2.32. The van der Waals surface area contributed by atoms with Gasteiger partial charge in [0, 0.05) is 17.6 Å². The van der Waals surface area contributed by atoms with Crippen LogP contribution in [0, 0.1) is 5.92 Å². The van der Waals surface area contributed by atoms with Gasteiger partial charge in [-0.1, -0.05) is 38.1 Å². The third-order valence-corrected chi connectivity index (χ3v) is 4.78. The van der Waals surface area contributed by atoms with Crippen LogP contribution in [0.1, 0.15) is 44.6 Å². The van der Waals surface area contributed by atoms with Crippen molar-refractivity contribution < 1.29 is 0 Å². The average Bonchev–Trinajstić information content (AvgIpc) is 2.85. The second kappa shape index (κ2) is 5.92. The molecule has 1 heterocycles. The molecule has 2 nitrogen and oxygen atoms in total. The molecule has 2 aromatic rings. The molecular weight excluding hydrogens is 244 g/mol. The summed E-state index contributed by atoms with van der Waals surface area (Å²) in [5.74, 6) is 1.33. The first-order valence-electron chi connectivity index (χ1n) is 7.88. The van der Waals surface area contributed by atoms with Crippen LogP contribution in [0.4, 0.5) is 0 Å². The number of pyridine rings is 1. The van der Waals surface area contributed by atoms with Gasteiger partial charge in [0.1, 0.15) is 0 Å². The number of aromatic nitrogens is 1. The lowest BCUT2D eigenvalue weighted by atomic mass is 9.87. The molecule has 0 spiro atoms. The monoisotopic (exact) mass is 268 g/mol. The predicted octanol–water partition coefficient (Wildman–Crippen LogP) is 4.12. The maximum absolute atomic E-state index is 4.63. The van der Waals surface area contributed by atoms with Crippen molar-refractivity contribution in [3.05, 3.63) is 42.1 Å². The fraction of sp³-hybridized carbons (Fsp3) is 0.500. The highest BCUT2D eigenvalue weighted by Crippen LogP contribution is 2.41. The van der Waals surface area contributed by atoms with E-state index in [1.807, 2.05) is 12.3 Å². The summed E-state index contributed by atoms with van der Waals surface area (Å²) in [6.45, 7) is 5.76. The molecule has 1 saturated carbocycles. The summed E-state index contributed by atoms with van der Waals surface area (Å²) in [6, 6.07) is 11.5. The van der Waals surface area contributed by atoms with Gasteiger partial charge in [-0.15, -0.1) is 0 Å². The summed E-state index contributed by atoms with van der Waals surface area (Å²) in [5.41, 5.74) is 2.64. The molecule has 1 aliphatic rings. The van der Waals surface area contributed by atoms with Gasteiger partial charge in [0.2, 0.25) is 0 Å². The molecular formula is C18H24N2. The van der Waals surface area contributed by atoms with E-state index in [9.17, 15) is 0 Å². The Labute approximate surface area is 121 Å². The van der Waals surface area contributed by atoms with Crippen LogP contribution in [-0.2, 0) is 0 Å². The van der Waals surface area contributed by atoms with Crippen molar-refractivity contribution in [1.29, 1.82) is 0 Å². The number of nitrogens with zero attached hydrogens (tertiary/aromatic N) is 1. The lowest BCUT2D eigenvalue weighted by molar-refractivity contribution is 0.405. The van der Waals surface area contributed by atoms with Crippen molar-refractivity contribution in [3.63, 3.8) is 0 Å². The maximum atomic E-state index is 4.63. The van der Waals surface area contributed by atoms with E-state index in [0.29, 0.717) is 17.9 Å². The van der Waals surface area contributed by atoms with Crippen molar-refractivity contribution >= 4 is 10.9 Å². The van der Waals surface area contributed by atoms with Crippen LogP contribution in [0.3, 0.4) is 0 Å². The van der Waals surface area contributed by atoms with Gasteiger partial charge < -0.3 is 5.32 Å². The van der Waals surface area contributed by atoms with E-state index < -0.39 is 0 Å². The van der Waals surface area contributed by atoms with Gasteiger partial charge in [-0.25, -0.2) is 0 Å². The molecule has 2 heteroatoms. The number of benzene rings is 1. The first-order chi connectivity index (χ1) is 9.81. The number of nitrogens with one attached hydrogen (secondary N) is 1. The Morgan fingerprint density at radius 3 is 2.90 bits per heavy atom. The van der Waals surface area contributed by atoms with Gasteiger partial charge in [0.05, 0.1) is 5.52 Å². The van der Waals surface area contributed by atoms with Crippen molar-refractivity contribution in [2.45, 2.75) is 45.1 Å². The smallest absolute Gasteiger partial charge is 0.0736 e. The van der Waals surface area contributed by atoms with Crippen LogP contribution in [0.5, 0.6) is 0 Å². The average molecular weight is 268 g/mol. The van der Waals surface area contributed by atoms with Crippen molar-refractivity contribution in [2.24, 2.45) is 5.92 Å². The van der Waals surface area contributed by atoms with E-state index in [4.69, 9.17) is 0 Å². The number of para-hydroxylation sites is 1. The van der Waals surface area contributed by atoms with E-state index in [-0.39, 0.29) is 0 Å². The van der Waals surface area contributed by atoms with Crippen LogP contribution in [0.2, 0.25) is 0 Å². The Morgan fingerprint density at radius 2 is 2.05 bits per heavy atom. The highest BCUT2D eigenvalue weighted by Gasteiger charge is 2.34. The third kappa shape index (κ3) is 2.45. The number of rotatable bonds is 4. The third-order valence-electron chi connectivity index (χ3n) is 4.78. The van der Waals surface area contributed by atoms with Gasteiger partial charge in [0.25, 0.3) is 0 Å². The topological polar surface area (TPSA) is 24.9 Å². The molecule has 1 aromatic carbocycles. The van der Waals surface area contributed by atoms with Gasteiger partial charge in [-0.2, -0.15) is 0 Å². The Bertz CT molecular complexity index is 573. The zero-order valence-electron chi connectivity index (χ0n) is 12.5. The molecule has 1 fully saturated rings. The van der Waals surface area contributed by atoms with Gasteiger partial charge >= 0.3 is 0 Å². The van der Waals surface area contributed by atoms with E-state index in [1.54, 1.807) is 0 Å². The molecule has 0 radical (unpaired) electrons. The Hall–Kier alpha value is -1.41. The highest BCUT2D eigenvalue weighted by molar-refractivity contribution is 5.82. The summed E-state index contributed by atoms with van der Waals surface area (Å²) >= 11 is 0. The summed E-state index contributed by atoms with van der Waals surface area (Å²) in [6.07, 6.45) is 5.69. The lowest BCUT2D eigenvalue weighted by Gasteiger charge is -2.22. The van der Waals surface area contributed by atoms with E-state index in [2.05, 4.69) is 48.4 Å². The minimum absolute atomic E-state index is 0.642. The zero-order valence-corrected chi connectivity index (χ0v) is 12.5. The van der Waals surface area contributed by atoms with Crippen molar-refractivity contribution in [3.8, 4) is 0 Å². The predicted molar refractivity (Wildman–Crippen MR) is 85.0 cm³/mol. The molecule has 106 valence electrons. The molecule has 3 unspecified atom stereocenters. The van der Waals surface area contributed by atoms with Crippen LogP contribution in [0.25, 0.3) is 10.9 Å². The SMILES string of the molecule is CCCNC1CCC(c2cccc3cccnc23)C1C. The summed E-state index contributed by atoms with van der Waals surface area (Å²) in [5, 5.41) is 4.97. The Balaban J connectivity index is 1.88. The molecule has 1 aromatic heterocycles. The largest absolute Gasteiger partial charge is 0.314 e. The van der Waals surface area contributed by atoms with E-state index in [0.717, 1.165) is 6.54 Å². The van der Waals surface area contributed by atoms with Gasteiger partial charge in [-0.05, 0) is 49.3 Å². The molecule has 3 rings (SSSR count). The van der Waals surface area contributed by atoms with Crippen molar-refractivity contribution in [2.75, 3.05) is 6.54 Å². The van der Waals surface area contributed by atoms with Crippen LogP contribution in [0.15, 0.2) is 36.5 Å². The minimum Gasteiger partial charge on any atom is -0.314 e. The molecule has 1 aliphatic carbocycles. The first-order valence-corrected chi connectivity index (χ1v) is 7.88. The van der Waals surface area contributed by atoms with E-state index >= 15 is 0 Å². The number of hydrogen-bond acceptors (Lipinski definition) is 2. The summed E-state index contributed by atoms with van der Waals surface area (Å²) in [4.78, 5) is 4.63. The summed E-state index contributed by atoms with van der Waals surface area (Å²) < 4.78 is 0. The molecule has 0 bridgehead atoms. The molecule has 1 N–H and O–H groups in total. The zero-order chi connectivity index (χ0) is 13.9. The van der Waals surface area contributed by atoms with Gasteiger partial charge in [0.15, 0.2) is 0 Å².